The van der Waals surface area contributed by atoms with E-state index in [4.69, 9.17) is 0 Å². The van der Waals surface area contributed by atoms with Crippen molar-refractivity contribution >= 4 is 35.3 Å². The number of carbonyl (C=O) groups excluding carboxylic acids is 2. The first kappa shape index (κ1) is 32.1. The Labute approximate surface area is 271 Å². The highest BCUT2D eigenvalue weighted by atomic mass is 16.2. The minimum absolute atomic E-state index is 0.0334. The number of amides is 2. The lowest BCUT2D eigenvalue weighted by Crippen LogP contribution is -2.29. The Morgan fingerprint density at radius 1 is 0.609 bits per heavy atom. The molecule has 2 fully saturated rings. The Hall–Kier alpha value is -5.34. The lowest BCUT2D eigenvalue weighted by molar-refractivity contribution is -0.118. The lowest BCUT2D eigenvalue weighted by atomic mass is 10.1. The maximum Gasteiger partial charge on any atom is 0.262 e. The number of hydrogen-bond acceptors (Lipinski definition) is 6. The molecule has 2 aliphatic heterocycles. The van der Waals surface area contributed by atoms with Gasteiger partial charge >= 0.3 is 0 Å². The fourth-order valence-electron chi connectivity index (χ4n) is 5.90. The van der Waals surface area contributed by atoms with Crippen LogP contribution in [-0.4, -0.2) is 38.0 Å². The molecule has 2 N–H and O–H groups in total. The minimum atomic E-state index is -0.450. The van der Waals surface area contributed by atoms with E-state index in [0.29, 0.717) is 0 Å². The van der Waals surface area contributed by atoms with Gasteiger partial charge in [-0.25, -0.2) is 0 Å². The largest absolute Gasteiger partial charge is 0.372 e. The van der Waals surface area contributed by atoms with Crippen LogP contribution in [0.15, 0.2) is 83.9 Å². The van der Waals surface area contributed by atoms with E-state index in [9.17, 15) is 20.1 Å². The predicted molar refractivity (Wildman–Crippen MR) is 182 cm³/mol. The molecule has 8 heteroatoms. The Kier molecular flexibility index (Phi) is 11.2. The van der Waals surface area contributed by atoms with Gasteiger partial charge in [-0.15, -0.1) is 0 Å². The number of hydrogen-bond donors (Lipinski definition) is 2. The topological polar surface area (TPSA) is 112 Å². The van der Waals surface area contributed by atoms with Gasteiger partial charge in [0.15, 0.2) is 0 Å². The zero-order chi connectivity index (χ0) is 32.1. The van der Waals surface area contributed by atoms with Gasteiger partial charge in [-0.05, 0) is 97.2 Å². The number of nitriles is 2. The van der Waals surface area contributed by atoms with Gasteiger partial charge in [0.25, 0.3) is 11.8 Å². The SMILES string of the molecule is N#C/C(=C/c1ccc(N2CCCCC2)cc1)C(=O)NCc1cccc(CNC(=O)/C(C#N)=C\c2ccc(N3CCCCC3)cc2)c1. The van der Waals surface area contributed by atoms with E-state index >= 15 is 0 Å². The number of benzene rings is 3. The molecule has 0 aliphatic carbocycles. The predicted octanol–water partition coefficient (Wildman–Crippen LogP) is 6.11. The number of rotatable bonds is 10. The van der Waals surface area contributed by atoms with Crippen molar-refractivity contribution in [2.45, 2.75) is 51.6 Å². The van der Waals surface area contributed by atoms with Crippen LogP contribution in [0.25, 0.3) is 12.2 Å². The van der Waals surface area contributed by atoms with Crippen LogP contribution < -0.4 is 20.4 Å². The van der Waals surface area contributed by atoms with Gasteiger partial charge < -0.3 is 20.4 Å². The van der Waals surface area contributed by atoms with Crippen LogP contribution in [0, 0.1) is 22.7 Å². The van der Waals surface area contributed by atoms with Crippen molar-refractivity contribution in [1.82, 2.24) is 10.6 Å². The van der Waals surface area contributed by atoms with Gasteiger partial charge in [0.1, 0.15) is 23.3 Å². The molecule has 2 heterocycles. The molecule has 2 amide bonds. The molecule has 46 heavy (non-hydrogen) atoms. The zero-order valence-electron chi connectivity index (χ0n) is 26.2. The summed E-state index contributed by atoms with van der Waals surface area (Å²) in [5.41, 5.74) is 5.64. The summed E-state index contributed by atoms with van der Waals surface area (Å²) in [7, 11) is 0. The molecule has 3 aromatic rings. The van der Waals surface area contributed by atoms with Crippen LogP contribution in [-0.2, 0) is 22.7 Å². The molecule has 3 aromatic carbocycles. The van der Waals surface area contributed by atoms with E-state index < -0.39 is 11.8 Å². The second kappa shape index (κ2) is 16.1. The van der Waals surface area contributed by atoms with Crippen LogP contribution in [0.2, 0.25) is 0 Å². The highest BCUT2D eigenvalue weighted by molar-refractivity contribution is 6.02. The molecule has 8 nitrogen and oxygen atoms in total. The zero-order valence-corrected chi connectivity index (χ0v) is 26.2. The number of carbonyl (C=O) groups is 2. The highest BCUT2D eigenvalue weighted by Gasteiger charge is 2.14. The second-order valence-corrected chi connectivity index (χ2v) is 11.8. The summed E-state index contributed by atoms with van der Waals surface area (Å²) >= 11 is 0. The van der Waals surface area contributed by atoms with Crippen molar-refractivity contribution < 1.29 is 9.59 Å². The molecular weight excluding hydrogens is 572 g/mol. The van der Waals surface area contributed by atoms with E-state index in [-0.39, 0.29) is 24.2 Å². The Bertz CT molecular complexity index is 1530. The molecule has 0 bridgehead atoms. The number of piperidine rings is 2. The molecular formula is C38H40N6O2. The van der Waals surface area contributed by atoms with Crippen molar-refractivity contribution in [3.8, 4) is 12.1 Å². The van der Waals surface area contributed by atoms with Crippen molar-refractivity contribution in [2.24, 2.45) is 0 Å². The third-order valence-electron chi connectivity index (χ3n) is 8.48. The van der Waals surface area contributed by atoms with Gasteiger partial charge in [0.05, 0.1) is 0 Å². The molecule has 0 spiro atoms. The molecule has 0 aromatic heterocycles. The van der Waals surface area contributed by atoms with Crippen molar-refractivity contribution in [1.29, 1.82) is 10.5 Å². The summed E-state index contributed by atoms with van der Waals surface area (Å²) in [6.07, 6.45) is 10.5. The average Bonchev–Trinajstić information content (AvgIpc) is 3.12. The third-order valence-corrected chi connectivity index (χ3v) is 8.48. The van der Waals surface area contributed by atoms with Crippen LogP contribution in [0.3, 0.4) is 0 Å². The minimum Gasteiger partial charge on any atom is -0.372 e. The van der Waals surface area contributed by atoms with Crippen molar-refractivity contribution in [2.75, 3.05) is 36.0 Å². The average molecular weight is 613 g/mol. The van der Waals surface area contributed by atoms with Crippen LogP contribution in [0.1, 0.15) is 60.8 Å². The second-order valence-electron chi connectivity index (χ2n) is 11.8. The first-order chi connectivity index (χ1) is 22.5. The Morgan fingerprint density at radius 3 is 1.37 bits per heavy atom. The summed E-state index contributed by atoms with van der Waals surface area (Å²) in [6, 6.07) is 27.4. The van der Waals surface area contributed by atoms with Gasteiger partial charge in [0.2, 0.25) is 0 Å². The van der Waals surface area contributed by atoms with E-state index in [1.807, 2.05) is 84.9 Å². The fraction of sp³-hybridized carbons (Fsp3) is 0.316. The van der Waals surface area contributed by atoms with E-state index in [2.05, 4.69) is 20.4 Å². The van der Waals surface area contributed by atoms with E-state index in [1.165, 1.54) is 38.5 Å². The smallest absolute Gasteiger partial charge is 0.262 e. The van der Waals surface area contributed by atoms with Gasteiger partial charge in [0, 0.05) is 50.6 Å². The fourth-order valence-corrected chi connectivity index (χ4v) is 5.90. The first-order valence-corrected chi connectivity index (χ1v) is 16.1. The Morgan fingerprint density at radius 2 is 1.00 bits per heavy atom. The maximum atomic E-state index is 12.8. The first-order valence-electron chi connectivity index (χ1n) is 16.1. The van der Waals surface area contributed by atoms with Gasteiger partial charge in [-0.3, -0.25) is 9.59 Å². The number of anilines is 2. The Balaban J connectivity index is 1.13. The summed E-state index contributed by atoms with van der Waals surface area (Å²) in [5, 5.41) is 24.9. The molecule has 0 radical (unpaired) electrons. The molecule has 2 aliphatic rings. The van der Waals surface area contributed by atoms with Crippen LogP contribution >= 0.6 is 0 Å². The molecule has 0 saturated carbocycles. The number of nitrogens with one attached hydrogen (secondary N) is 2. The van der Waals surface area contributed by atoms with Gasteiger partial charge in [-0.1, -0.05) is 48.5 Å². The van der Waals surface area contributed by atoms with Crippen molar-refractivity contribution in [3.63, 3.8) is 0 Å². The summed E-state index contributed by atoms with van der Waals surface area (Å²) in [5.74, 6) is -0.900. The quantitative estimate of drug-likeness (QED) is 0.211. The maximum absolute atomic E-state index is 12.8. The van der Waals surface area contributed by atoms with E-state index in [0.717, 1.165) is 59.8 Å². The summed E-state index contributed by atoms with van der Waals surface area (Å²) < 4.78 is 0. The van der Waals surface area contributed by atoms with E-state index in [1.54, 1.807) is 12.2 Å². The summed E-state index contributed by atoms with van der Waals surface area (Å²) in [6.45, 7) is 4.68. The standard InChI is InChI=1S/C38H40N6O2/c39-25-33(23-29-10-14-35(15-11-29)43-18-3-1-4-19-43)37(45)41-27-31-8-7-9-32(22-31)28-42-38(46)34(26-40)24-30-12-16-36(17-13-30)44-20-5-2-6-21-44/h7-17,22-24H,1-6,18-21,27-28H2,(H,41,45)(H,42,46)/b33-23-,34-24-. The number of nitrogens with zero attached hydrogens (tertiary/aromatic N) is 4. The monoisotopic (exact) mass is 612 g/mol. The third kappa shape index (κ3) is 8.86. The van der Waals surface area contributed by atoms with Crippen LogP contribution in [0.5, 0.6) is 0 Å². The lowest BCUT2D eigenvalue weighted by Gasteiger charge is -2.28. The molecule has 0 unspecified atom stereocenters. The van der Waals surface area contributed by atoms with Crippen molar-refractivity contribution in [3.05, 3.63) is 106 Å². The van der Waals surface area contributed by atoms with Crippen LogP contribution in [0.4, 0.5) is 11.4 Å². The highest BCUT2D eigenvalue weighted by Crippen LogP contribution is 2.22. The molecule has 5 rings (SSSR count). The molecule has 234 valence electrons. The van der Waals surface area contributed by atoms with Gasteiger partial charge in [-0.2, -0.15) is 10.5 Å². The molecule has 2 saturated heterocycles. The summed E-state index contributed by atoms with van der Waals surface area (Å²) in [4.78, 5) is 30.4. The molecule has 0 atom stereocenters. The normalized spacial score (nSPS) is 15.4.